The third-order valence-corrected chi connectivity index (χ3v) is 5.64. The van der Waals surface area contributed by atoms with Crippen LogP contribution in [0, 0.1) is 0 Å². The first-order valence-electron chi connectivity index (χ1n) is 9.81. The van der Waals surface area contributed by atoms with Crippen molar-refractivity contribution >= 4 is 11.7 Å². The number of nitrogens with two attached hydrogens (primary N) is 1. The minimum Gasteiger partial charge on any atom is -0.383 e. The first-order chi connectivity index (χ1) is 13.3. The second-order valence-electron chi connectivity index (χ2n) is 8.55. The number of rotatable bonds is 2. The maximum Gasteiger partial charge on any atom is 0.259 e. The zero-order chi connectivity index (χ0) is 19.9. The normalized spacial score (nSPS) is 19.3. The molecule has 7 heteroatoms. The molecule has 150 valence electrons. The predicted molar refractivity (Wildman–Crippen MR) is 106 cm³/mol. The van der Waals surface area contributed by atoms with E-state index in [1.54, 1.807) is 15.8 Å². The zero-order valence-electron chi connectivity index (χ0n) is 16.8. The Kier molecular flexibility index (Phi) is 4.67. The highest BCUT2D eigenvalue weighted by Crippen LogP contribution is 2.32. The minimum absolute atomic E-state index is 0.0771. The highest BCUT2D eigenvalue weighted by molar-refractivity contribution is 5.98. The van der Waals surface area contributed by atoms with Crippen molar-refractivity contribution in [3.63, 3.8) is 0 Å². The minimum atomic E-state index is -0.499. The summed E-state index contributed by atoms with van der Waals surface area (Å²) in [5.41, 5.74) is 8.87. The van der Waals surface area contributed by atoms with Gasteiger partial charge in [-0.15, -0.1) is 0 Å². The Labute approximate surface area is 165 Å². The largest absolute Gasteiger partial charge is 0.383 e. The van der Waals surface area contributed by atoms with E-state index in [4.69, 9.17) is 15.2 Å². The summed E-state index contributed by atoms with van der Waals surface area (Å²) in [4.78, 5) is 14.8. The summed E-state index contributed by atoms with van der Waals surface area (Å²) in [6.45, 7) is 8.94. The third-order valence-electron chi connectivity index (χ3n) is 5.64. The number of likely N-dealkylation sites (tertiary alicyclic amines) is 1. The molecule has 1 amide bonds. The number of carbonyl (C=O) groups is 1. The fraction of sp³-hybridized carbons (Fsp3) is 0.524. The van der Waals surface area contributed by atoms with Crippen LogP contribution in [0.15, 0.2) is 30.5 Å². The number of amides is 1. The highest BCUT2D eigenvalue weighted by atomic mass is 16.7. The van der Waals surface area contributed by atoms with Gasteiger partial charge in [0.1, 0.15) is 11.4 Å². The SMILES string of the molecule is CC(C)(C)c1ccc(-n2ncc(C(=O)N3CCC4(CC3)OCCO4)c2N)cc1. The van der Waals surface area contributed by atoms with Gasteiger partial charge in [0.15, 0.2) is 5.79 Å². The van der Waals surface area contributed by atoms with Crippen molar-refractivity contribution in [2.45, 2.75) is 44.8 Å². The van der Waals surface area contributed by atoms with Crippen LogP contribution in [0.25, 0.3) is 5.69 Å². The van der Waals surface area contributed by atoms with Gasteiger partial charge in [0.05, 0.1) is 25.1 Å². The quantitative estimate of drug-likeness (QED) is 0.861. The second kappa shape index (κ2) is 6.90. The summed E-state index contributed by atoms with van der Waals surface area (Å²) < 4.78 is 13.1. The molecule has 0 saturated carbocycles. The summed E-state index contributed by atoms with van der Waals surface area (Å²) in [6.07, 6.45) is 2.92. The zero-order valence-corrected chi connectivity index (χ0v) is 16.8. The lowest BCUT2D eigenvalue weighted by Crippen LogP contribution is -2.47. The van der Waals surface area contributed by atoms with Gasteiger partial charge >= 0.3 is 0 Å². The maximum atomic E-state index is 13.0. The van der Waals surface area contributed by atoms with E-state index in [0.29, 0.717) is 50.5 Å². The van der Waals surface area contributed by atoms with Crippen molar-refractivity contribution < 1.29 is 14.3 Å². The Hall–Kier alpha value is -2.38. The van der Waals surface area contributed by atoms with Gasteiger partial charge < -0.3 is 20.1 Å². The lowest BCUT2D eigenvalue weighted by molar-refractivity contribution is -0.181. The van der Waals surface area contributed by atoms with E-state index in [0.717, 1.165) is 5.69 Å². The lowest BCUT2D eigenvalue weighted by Gasteiger charge is -2.37. The summed E-state index contributed by atoms with van der Waals surface area (Å²) in [5, 5.41) is 4.36. The van der Waals surface area contributed by atoms with Gasteiger partial charge in [0.25, 0.3) is 5.91 Å². The molecule has 2 aliphatic rings. The van der Waals surface area contributed by atoms with Crippen LogP contribution in [-0.2, 0) is 14.9 Å². The number of benzene rings is 1. The van der Waals surface area contributed by atoms with E-state index < -0.39 is 5.79 Å². The Morgan fingerprint density at radius 3 is 2.29 bits per heavy atom. The van der Waals surface area contributed by atoms with Crippen LogP contribution in [0.1, 0.15) is 49.5 Å². The van der Waals surface area contributed by atoms with Crippen molar-refractivity contribution in [3.8, 4) is 5.69 Å². The molecule has 0 unspecified atom stereocenters. The van der Waals surface area contributed by atoms with Crippen LogP contribution in [-0.4, -0.2) is 52.7 Å². The number of ether oxygens (including phenoxy) is 2. The molecular formula is C21H28N4O3. The van der Waals surface area contributed by atoms with Gasteiger partial charge in [-0.1, -0.05) is 32.9 Å². The van der Waals surface area contributed by atoms with Crippen LogP contribution in [0.5, 0.6) is 0 Å². The third kappa shape index (κ3) is 3.40. The lowest BCUT2D eigenvalue weighted by atomic mass is 9.87. The highest BCUT2D eigenvalue weighted by Gasteiger charge is 2.41. The van der Waals surface area contributed by atoms with E-state index >= 15 is 0 Å². The summed E-state index contributed by atoms with van der Waals surface area (Å²) in [7, 11) is 0. The monoisotopic (exact) mass is 384 g/mol. The van der Waals surface area contributed by atoms with Crippen molar-refractivity contribution in [3.05, 3.63) is 41.6 Å². The van der Waals surface area contributed by atoms with Gasteiger partial charge in [0, 0.05) is 25.9 Å². The van der Waals surface area contributed by atoms with E-state index in [9.17, 15) is 4.79 Å². The van der Waals surface area contributed by atoms with Crippen molar-refractivity contribution in [1.82, 2.24) is 14.7 Å². The standard InChI is InChI=1S/C21H28N4O3/c1-20(2,3)15-4-6-16(7-5-15)25-18(22)17(14-23-25)19(26)24-10-8-21(9-11-24)27-12-13-28-21/h4-7,14H,8-13,22H2,1-3H3. The van der Waals surface area contributed by atoms with Gasteiger partial charge in [-0.3, -0.25) is 4.79 Å². The average molecular weight is 384 g/mol. The summed E-state index contributed by atoms with van der Waals surface area (Å²) in [6, 6.07) is 8.11. The maximum absolute atomic E-state index is 13.0. The molecule has 4 rings (SSSR count). The van der Waals surface area contributed by atoms with E-state index in [-0.39, 0.29) is 11.3 Å². The number of aromatic nitrogens is 2. The van der Waals surface area contributed by atoms with Crippen LogP contribution >= 0.6 is 0 Å². The number of piperidine rings is 1. The van der Waals surface area contributed by atoms with E-state index in [2.05, 4.69) is 38.0 Å². The molecule has 1 aromatic carbocycles. The van der Waals surface area contributed by atoms with Crippen LogP contribution in [0.3, 0.4) is 0 Å². The molecule has 3 heterocycles. The average Bonchev–Trinajstić information content (AvgIpc) is 3.28. The van der Waals surface area contributed by atoms with Crippen LogP contribution < -0.4 is 5.73 Å². The van der Waals surface area contributed by atoms with Gasteiger partial charge in [-0.05, 0) is 23.1 Å². The van der Waals surface area contributed by atoms with Gasteiger partial charge in [-0.2, -0.15) is 5.10 Å². The molecule has 7 nitrogen and oxygen atoms in total. The molecule has 2 saturated heterocycles. The molecule has 1 aromatic heterocycles. The fourth-order valence-electron chi connectivity index (χ4n) is 3.84. The Balaban J connectivity index is 1.50. The predicted octanol–water partition coefficient (Wildman–Crippen LogP) is 2.73. The van der Waals surface area contributed by atoms with Crippen molar-refractivity contribution in [2.75, 3.05) is 32.0 Å². The summed E-state index contributed by atoms with van der Waals surface area (Å²) >= 11 is 0. The molecule has 2 N–H and O–H groups in total. The Morgan fingerprint density at radius 2 is 1.71 bits per heavy atom. The van der Waals surface area contributed by atoms with Crippen LogP contribution in [0.4, 0.5) is 5.82 Å². The molecule has 0 aliphatic carbocycles. The molecule has 28 heavy (non-hydrogen) atoms. The number of hydrogen-bond acceptors (Lipinski definition) is 5. The van der Waals surface area contributed by atoms with Gasteiger partial charge in [-0.25, -0.2) is 4.68 Å². The fourth-order valence-corrected chi connectivity index (χ4v) is 3.84. The number of anilines is 1. The molecule has 0 bridgehead atoms. The van der Waals surface area contributed by atoms with Crippen LogP contribution in [0.2, 0.25) is 0 Å². The molecular weight excluding hydrogens is 356 g/mol. The Morgan fingerprint density at radius 1 is 1.11 bits per heavy atom. The number of nitrogen functional groups attached to an aromatic ring is 1. The number of nitrogens with zero attached hydrogens (tertiary/aromatic N) is 3. The second-order valence-corrected chi connectivity index (χ2v) is 8.55. The first kappa shape index (κ1) is 19.0. The van der Waals surface area contributed by atoms with Gasteiger partial charge in [0.2, 0.25) is 0 Å². The van der Waals surface area contributed by atoms with E-state index in [1.165, 1.54) is 5.56 Å². The van der Waals surface area contributed by atoms with Crippen molar-refractivity contribution in [2.24, 2.45) is 0 Å². The van der Waals surface area contributed by atoms with Crippen molar-refractivity contribution in [1.29, 1.82) is 0 Å². The molecule has 2 aliphatic heterocycles. The number of hydrogen-bond donors (Lipinski definition) is 1. The number of carbonyl (C=O) groups excluding carboxylic acids is 1. The molecule has 0 radical (unpaired) electrons. The molecule has 2 aromatic rings. The Bertz CT molecular complexity index is 851. The molecule has 0 atom stereocenters. The molecule has 1 spiro atoms. The van der Waals surface area contributed by atoms with E-state index in [1.807, 2.05) is 12.1 Å². The topological polar surface area (TPSA) is 82.6 Å². The first-order valence-corrected chi connectivity index (χ1v) is 9.81. The smallest absolute Gasteiger partial charge is 0.259 e. The molecule has 2 fully saturated rings. The summed E-state index contributed by atoms with van der Waals surface area (Å²) in [5.74, 6) is -0.230.